The average molecular weight is 836 g/mol. The zero-order chi connectivity index (χ0) is 41.8. The summed E-state index contributed by atoms with van der Waals surface area (Å²) in [6.45, 7) is 0. The van der Waals surface area contributed by atoms with Gasteiger partial charge in [0, 0.05) is 37.4 Å². The Hall–Kier alpha value is -7.53. The van der Waals surface area contributed by atoms with E-state index in [0.29, 0.717) is 15.5 Å². The van der Waals surface area contributed by atoms with Gasteiger partial charge in [0.1, 0.15) is 23.3 Å². The molecule has 2 aromatic heterocycles. The molecule has 60 heavy (non-hydrogen) atoms. The molecule has 0 fully saturated rings. The van der Waals surface area contributed by atoms with Crippen molar-refractivity contribution in [3.05, 3.63) is 204 Å². The minimum Gasteiger partial charge on any atom is -0.477 e. The van der Waals surface area contributed by atoms with E-state index in [1.54, 1.807) is 23.5 Å². The summed E-state index contributed by atoms with van der Waals surface area (Å²) in [5, 5.41) is 42.1. The summed E-state index contributed by atoms with van der Waals surface area (Å²) in [4.78, 5) is 26.7. The van der Waals surface area contributed by atoms with Crippen molar-refractivity contribution in [1.29, 1.82) is 10.5 Å². The van der Waals surface area contributed by atoms with Gasteiger partial charge in [-0.15, -0.1) is 11.3 Å². The van der Waals surface area contributed by atoms with Crippen molar-refractivity contribution in [3.63, 3.8) is 0 Å². The number of thiophene rings is 2. The molecule has 0 aliphatic heterocycles. The molecule has 2 N–H and O–H groups in total. The molecular weight excluding hydrogens is 806 g/mol. The number of aliphatic carboxylic acids is 2. The summed E-state index contributed by atoms with van der Waals surface area (Å²) in [5.41, 5.74) is 11.9. The van der Waals surface area contributed by atoms with E-state index in [1.165, 1.54) is 23.5 Å². The summed E-state index contributed by atoms with van der Waals surface area (Å²) < 4.78 is 0. The number of carboxylic acid groups (broad SMARTS) is 2. The Morgan fingerprint density at radius 1 is 0.617 bits per heavy atom. The second kappa shape index (κ2) is 17.1. The van der Waals surface area contributed by atoms with Gasteiger partial charge in [0.15, 0.2) is 0 Å². The first-order chi connectivity index (χ1) is 29.2. The number of carbonyl (C=O) groups is 2. The highest BCUT2D eigenvalue weighted by Gasteiger charge is 2.24. The van der Waals surface area contributed by atoms with Crippen molar-refractivity contribution in [1.82, 2.24) is 0 Å². The topological polar surface area (TPSA) is 125 Å². The third-order valence-electron chi connectivity index (χ3n) is 9.87. The standard InChI is InChI=1S/C50H30ClN3O4S2/c51-37-10-16-40(17-11-37)54(38-12-5-31(6-13-38)24-45(34-21-22-59-30-34)48-20-18-41(60-48)27-36(29-53)50(57)58)39-14-7-32(8-15-39)25-46-42-3-1-2-4-43(42)47-26-33(9-19-44(46)47)23-35(28-52)49(55)56/h1-27,30H,(H,55,56)(H,57,58)/b35-23+,36-27+,45-24+,46-25+. The number of hydrogen-bond acceptors (Lipinski definition) is 7. The first-order valence-corrected chi connectivity index (χ1v) is 20.6. The first kappa shape index (κ1) is 39.3. The number of anilines is 3. The highest BCUT2D eigenvalue weighted by molar-refractivity contribution is 7.14. The van der Waals surface area contributed by atoms with Gasteiger partial charge in [0.05, 0.1) is 0 Å². The molecule has 7 aromatic rings. The van der Waals surface area contributed by atoms with Crippen LogP contribution in [0.4, 0.5) is 17.1 Å². The van der Waals surface area contributed by atoms with Gasteiger partial charge in [-0.2, -0.15) is 21.9 Å². The maximum atomic E-state index is 11.5. The quantitative estimate of drug-likeness (QED) is 0.0981. The van der Waals surface area contributed by atoms with Crippen LogP contribution in [0.5, 0.6) is 0 Å². The molecule has 2 heterocycles. The fourth-order valence-electron chi connectivity index (χ4n) is 7.05. The molecule has 10 heteroatoms. The molecule has 8 rings (SSSR count). The number of hydrogen-bond donors (Lipinski definition) is 2. The molecule has 1 aliphatic carbocycles. The lowest BCUT2D eigenvalue weighted by molar-refractivity contribution is -0.133. The van der Waals surface area contributed by atoms with Crippen LogP contribution in [0.2, 0.25) is 5.02 Å². The Morgan fingerprint density at radius 3 is 1.82 bits per heavy atom. The van der Waals surface area contributed by atoms with Crippen LogP contribution in [0.3, 0.4) is 0 Å². The molecule has 0 bridgehead atoms. The summed E-state index contributed by atoms with van der Waals surface area (Å²) in [6, 6.07) is 47.5. The lowest BCUT2D eigenvalue weighted by atomic mass is 9.99. The van der Waals surface area contributed by atoms with Crippen LogP contribution in [0.1, 0.15) is 43.1 Å². The average Bonchev–Trinajstić information content (AvgIpc) is 4.04. The van der Waals surface area contributed by atoms with Gasteiger partial charge in [-0.25, -0.2) is 9.59 Å². The van der Waals surface area contributed by atoms with E-state index in [1.807, 2.05) is 72.1 Å². The van der Waals surface area contributed by atoms with Crippen LogP contribution < -0.4 is 4.90 Å². The second-order valence-electron chi connectivity index (χ2n) is 13.6. The molecular formula is C50H30ClN3O4S2. The van der Waals surface area contributed by atoms with Gasteiger partial charge in [0.2, 0.25) is 0 Å². The van der Waals surface area contributed by atoms with E-state index in [2.05, 4.69) is 89.2 Å². The van der Waals surface area contributed by atoms with Crippen molar-refractivity contribution in [2.75, 3.05) is 4.90 Å². The zero-order valence-electron chi connectivity index (χ0n) is 31.4. The van der Waals surface area contributed by atoms with Gasteiger partial charge >= 0.3 is 11.9 Å². The van der Waals surface area contributed by atoms with E-state index < -0.39 is 11.9 Å². The largest absolute Gasteiger partial charge is 0.477 e. The molecule has 7 nitrogen and oxygen atoms in total. The SMILES string of the molecule is N#C/C(=C\c1ccc2c(c1)-c1ccccc1/C2=C\c1ccc(N(c2ccc(Cl)cc2)c2ccc(/C=C(\c3ccsc3)c3ccc(/C=C(\C#N)C(=O)O)s3)cc2)cc1)C(=O)O. The number of nitrogens with zero attached hydrogens (tertiary/aromatic N) is 3. The predicted molar refractivity (Wildman–Crippen MR) is 243 cm³/mol. The van der Waals surface area contributed by atoms with Crippen LogP contribution in [-0.4, -0.2) is 22.2 Å². The van der Waals surface area contributed by atoms with E-state index >= 15 is 0 Å². The molecule has 0 unspecified atom stereocenters. The van der Waals surface area contributed by atoms with Crippen LogP contribution in [0, 0.1) is 22.7 Å². The number of carboxylic acids is 2. The molecule has 0 atom stereocenters. The summed E-state index contributed by atoms with van der Waals surface area (Å²) in [5.74, 6) is -2.52. The Balaban J connectivity index is 1.12. The maximum Gasteiger partial charge on any atom is 0.346 e. The number of fused-ring (bicyclic) bond motifs is 3. The van der Waals surface area contributed by atoms with Crippen molar-refractivity contribution in [2.24, 2.45) is 0 Å². The zero-order valence-corrected chi connectivity index (χ0v) is 33.8. The minimum absolute atomic E-state index is 0.316. The van der Waals surface area contributed by atoms with Gasteiger partial charge < -0.3 is 15.1 Å². The fourth-order valence-corrected chi connectivity index (χ4v) is 8.83. The normalized spacial score (nSPS) is 13.0. The van der Waals surface area contributed by atoms with E-state index in [0.717, 1.165) is 72.0 Å². The molecule has 5 aromatic carbocycles. The minimum atomic E-state index is -1.26. The Morgan fingerprint density at radius 2 is 1.20 bits per heavy atom. The Bertz CT molecular complexity index is 3000. The van der Waals surface area contributed by atoms with E-state index in [9.17, 15) is 30.3 Å². The molecule has 0 saturated carbocycles. The summed E-state index contributed by atoms with van der Waals surface area (Å²) >= 11 is 9.35. The summed E-state index contributed by atoms with van der Waals surface area (Å²) in [7, 11) is 0. The van der Waals surface area contributed by atoms with E-state index in [-0.39, 0.29) is 11.1 Å². The van der Waals surface area contributed by atoms with Crippen LogP contribution in [0.25, 0.3) is 46.6 Å². The molecule has 0 amide bonds. The Labute approximate surface area is 358 Å². The highest BCUT2D eigenvalue weighted by atomic mass is 35.5. The van der Waals surface area contributed by atoms with Crippen molar-refractivity contribution in [3.8, 4) is 23.3 Å². The molecule has 0 radical (unpaired) electrons. The van der Waals surface area contributed by atoms with E-state index in [4.69, 9.17) is 11.6 Å². The molecule has 0 spiro atoms. The third-order valence-corrected chi connectivity index (χ3v) is 11.9. The van der Waals surface area contributed by atoms with Crippen LogP contribution in [-0.2, 0) is 9.59 Å². The fraction of sp³-hybridized carbons (Fsp3) is 0. The number of rotatable bonds is 11. The molecule has 0 saturated heterocycles. The van der Waals surface area contributed by atoms with Crippen molar-refractivity contribution in [2.45, 2.75) is 0 Å². The third kappa shape index (κ3) is 8.23. The van der Waals surface area contributed by atoms with Crippen molar-refractivity contribution >= 4 is 98.7 Å². The van der Waals surface area contributed by atoms with Gasteiger partial charge in [-0.1, -0.05) is 72.3 Å². The maximum absolute atomic E-state index is 11.5. The molecule has 288 valence electrons. The van der Waals surface area contributed by atoms with Crippen molar-refractivity contribution < 1.29 is 19.8 Å². The van der Waals surface area contributed by atoms with Gasteiger partial charge in [-0.05, 0) is 158 Å². The second-order valence-corrected chi connectivity index (χ2v) is 16.0. The van der Waals surface area contributed by atoms with Crippen LogP contribution >= 0.6 is 34.3 Å². The lowest BCUT2D eigenvalue weighted by Gasteiger charge is -2.26. The Kier molecular flexibility index (Phi) is 11.2. The predicted octanol–water partition coefficient (Wildman–Crippen LogP) is 13.1. The van der Waals surface area contributed by atoms with Gasteiger partial charge in [-0.3, -0.25) is 0 Å². The number of halogens is 1. The number of nitriles is 2. The molecule has 1 aliphatic rings. The highest BCUT2D eigenvalue weighted by Crippen LogP contribution is 2.46. The smallest absolute Gasteiger partial charge is 0.346 e. The van der Waals surface area contributed by atoms with Crippen LogP contribution in [0.15, 0.2) is 155 Å². The monoisotopic (exact) mass is 835 g/mol. The lowest BCUT2D eigenvalue weighted by Crippen LogP contribution is -2.09. The first-order valence-electron chi connectivity index (χ1n) is 18.5. The summed E-state index contributed by atoms with van der Waals surface area (Å²) in [6.07, 6.45) is 7.05. The number of benzene rings is 5. The van der Waals surface area contributed by atoms with Gasteiger partial charge in [0.25, 0.3) is 0 Å².